The highest BCUT2D eigenvalue weighted by Gasteiger charge is 2.46. The topological polar surface area (TPSA) is 55.6 Å². The summed E-state index contributed by atoms with van der Waals surface area (Å²) < 4.78 is 5.86. The van der Waals surface area contributed by atoms with E-state index in [0.29, 0.717) is 12.3 Å². The lowest BCUT2D eigenvalue weighted by Crippen LogP contribution is -2.54. The van der Waals surface area contributed by atoms with Crippen molar-refractivity contribution in [2.45, 2.75) is 37.3 Å². The monoisotopic (exact) mass is 286 g/mol. The first-order valence-corrected chi connectivity index (χ1v) is 7.97. The minimum absolute atomic E-state index is 0.0354. The minimum Gasteiger partial charge on any atom is -0.459 e. The Bertz CT molecular complexity index is 566. The second-order valence-corrected chi connectivity index (χ2v) is 6.71. The lowest BCUT2D eigenvalue weighted by atomic mass is 9.85. The summed E-state index contributed by atoms with van der Waals surface area (Å²) in [5.41, 5.74) is 7.64. The Morgan fingerprint density at radius 2 is 2.05 bits per heavy atom. The molecule has 0 saturated carbocycles. The molecule has 0 radical (unpaired) electrons. The maximum Gasteiger partial charge on any atom is 0.331 e. The number of esters is 1. The number of carbonyl (C=O) groups excluding carboxylic acids is 1. The molecule has 0 aromatic heterocycles. The predicted octanol–water partition coefficient (Wildman–Crippen LogP) is 1.42. The fraction of sp³-hybridized carbons (Fsp3) is 0.588. The molecular formula is C17H22N2O2. The Morgan fingerprint density at radius 1 is 1.29 bits per heavy atom. The second-order valence-electron chi connectivity index (χ2n) is 6.71. The van der Waals surface area contributed by atoms with Gasteiger partial charge in [-0.05, 0) is 55.8 Å². The Kier molecular flexibility index (Phi) is 3.05. The highest BCUT2D eigenvalue weighted by molar-refractivity contribution is 5.84. The number of benzene rings is 1. The summed E-state index contributed by atoms with van der Waals surface area (Å²) in [6.45, 7) is 3.18. The fourth-order valence-corrected chi connectivity index (χ4v) is 4.14. The predicted molar refractivity (Wildman–Crippen MR) is 79.7 cm³/mol. The molecule has 4 nitrogen and oxygen atoms in total. The van der Waals surface area contributed by atoms with E-state index in [9.17, 15) is 4.79 Å². The molecule has 3 aliphatic heterocycles. The van der Waals surface area contributed by atoms with Crippen LogP contribution in [0.3, 0.4) is 0 Å². The van der Waals surface area contributed by atoms with Crippen molar-refractivity contribution >= 4 is 5.97 Å². The summed E-state index contributed by atoms with van der Waals surface area (Å²) in [5, 5.41) is 0. The molecule has 1 aromatic carbocycles. The quantitative estimate of drug-likeness (QED) is 0.836. The summed E-state index contributed by atoms with van der Waals surface area (Å²) >= 11 is 0. The summed E-state index contributed by atoms with van der Waals surface area (Å²) in [6, 6.07) is 7.99. The van der Waals surface area contributed by atoms with Crippen molar-refractivity contribution in [2.24, 2.45) is 11.7 Å². The van der Waals surface area contributed by atoms with Crippen molar-refractivity contribution in [3.63, 3.8) is 0 Å². The summed E-state index contributed by atoms with van der Waals surface area (Å²) in [7, 11) is 0. The molecule has 2 atom stereocenters. The molecular weight excluding hydrogens is 264 g/mol. The van der Waals surface area contributed by atoms with Crippen molar-refractivity contribution in [1.29, 1.82) is 0 Å². The average molecular weight is 286 g/mol. The van der Waals surface area contributed by atoms with E-state index in [0.717, 1.165) is 44.5 Å². The van der Waals surface area contributed by atoms with E-state index in [1.807, 2.05) is 18.2 Å². The van der Waals surface area contributed by atoms with E-state index in [1.165, 1.54) is 5.56 Å². The van der Waals surface area contributed by atoms with Crippen molar-refractivity contribution in [1.82, 2.24) is 4.90 Å². The van der Waals surface area contributed by atoms with E-state index in [-0.39, 0.29) is 12.1 Å². The fourth-order valence-electron chi connectivity index (χ4n) is 4.14. The molecule has 1 aromatic rings. The zero-order valence-corrected chi connectivity index (χ0v) is 12.3. The number of rotatable bonds is 2. The zero-order chi connectivity index (χ0) is 14.4. The summed E-state index contributed by atoms with van der Waals surface area (Å²) in [5.74, 6) is 0.297. The molecule has 112 valence electrons. The van der Waals surface area contributed by atoms with Crippen LogP contribution in [-0.4, -0.2) is 36.6 Å². The first kappa shape index (κ1) is 13.3. The average Bonchev–Trinajstić information content (AvgIpc) is 2.88. The highest BCUT2D eigenvalue weighted by atomic mass is 16.5. The lowest BCUT2D eigenvalue weighted by molar-refractivity contribution is -0.165. The molecule has 5 rings (SSSR count). The Balaban J connectivity index is 1.53. The SMILES string of the molecule is NC1(C(=O)O[C@H]2CN3CCC2CC3)CCc2ccccc21. The van der Waals surface area contributed by atoms with Crippen molar-refractivity contribution in [3.8, 4) is 0 Å². The molecule has 4 heteroatoms. The number of carbonyl (C=O) groups is 1. The molecule has 2 N–H and O–H groups in total. The van der Waals surface area contributed by atoms with Gasteiger partial charge in [0.15, 0.2) is 0 Å². The van der Waals surface area contributed by atoms with Crippen LogP contribution in [-0.2, 0) is 21.5 Å². The highest BCUT2D eigenvalue weighted by Crippen LogP contribution is 2.37. The van der Waals surface area contributed by atoms with Crippen LogP contribution in [0, 0.1) is 5.92 Å². The number of hydrogen-bond donors (Lipinski definition) is 1. The number of aryl methyl sites for hydroxylation is 1. The number of piperidine rings is 3. The van der Waals surface area contributed by atoms with E-state index in [4.69, 9.17) is 10.5 Å². The van der Waals surface area contributed by atoms with Gasteiger partial charge < -0.3 is 10.5 Å². The molecule has 1 unspecified atom stereocenters. The first-order chi connectivity index (χ1) is 10.2. The van der Waals surface area contributed by atoms with Crippen LogP contribution < -0.4 is 5.73 Å². The van der Waals surface area contributed by atoms with Crippen LogP contribution in [0.1, 0.15) is 30.4 Å². The van der Waals surface area contributed by atoms with Crippen LogP contribution in [0.4, 0.5) is 0 Å². The normalized spacial score (nSPS) is 37.3. The van der Waals surface area contributed by atoms with Crippen molar-refractivity contribution in [3.05, 3.63) is 35.4 Å². The molecule has 0 amide bonds. The maximum absolute atomic E-state index is 12.7. The maximum atomic E-state index is 12.7. The van der Waals surface area contributed by atoms with Crippen LogP contribution in [0.15, 0.2) is 24.3 Å². The summed E-state index contributed by atoms with van der Waals surface area (Å²) in [6.07, 6.45) is 3.85. The van der Waals surface area contributed by atoms with Gasteiger partial charge >= 0.3 is 5.97 Å². The van der Waals surface area contributed by atoms with Gasteiger partial charge in [0.2, 0.25) is 0 Å². The van der Waals surface area contributed by atoms with Gasteiger partial charge in [0.1, 0.15) is 11.6 Å². The summed E-state index contributed by atoms with van der Waals surface area (Å²) in [4.78, 5) is 15.1. The van der Waals surface area contributed by atoms with E-state index in [1.54, 1.807) is 0 Å². The Hall–Kier alpha value is -1.39. The largest absolute Gasteiger partial charge is 0.459 e. The smallest absolute Gasteiger partial charge is 0.331 e. The van der Waals surface area contributed by atoms with Gasteiger partial charge in [-0.25, -0.2) is 4.79 Å². The Labute approximate surface area is 125 Å². The molecule has 0 spiro atoms. The molecule has 1 aliphatic carbocycles. The third kappa shape index (κ3) is 2.09. The van der Waals surface area contributed by atoms with Crippen LogP contribution in [0.5, 0.6) is 0 Å². The second kappa shape index (κ2) is 4.82. The van der Waals surface area contributed by atoms with Gasteiger partial charge in [0.25, 0.3) is 0 Å². The molecule has 4 aliphatic rings. The van der Waals surface area contributed by atoms with Crippen LogP contribution in [0.25, 0.3) is 0 Å². The first-order valence-electron chi connectivity index (χ1n) is 7.97. The van der Waals surface area contributed by atoms with E-state index in [2.05, 4.69) is 11.0 Å². The van der Waals surface area contributed by atoms with Crippen molar-refractivity contribution in [2.75, 3.05) is 19.6 Å². The molecule has 21 heavy (non-hydrogen) atoms. The molecule has 3 fully saturated rings. The number of nitrogens with zero attached hydrogens (tertiary/aromatic N) is 1. The standard InChI is InChI=1S/C17H22N2O2/c18-17(8-5-12-3-1-2-4-14(12)17)16(20)21-15-11-19-9-6-13(15)7-10-19/h1-4,13,15H,5-11,18H2/t15-,17?/m0/s1. The van der Waals surface area contributed by atoms with Gasteiger partial charge in [0.05, 0.1) is 0 Å². The van der Waals surface area contributed by atoms with E-state index >= 15 is 0 Å². The van der Waals surface area contributed by atoms with Gasteiger partial charge in [-0.3, -0.25) is 4.90 Å². The third-order valence-electron chi connectivity index (χ3n) is 5.51. The van der Waals surface area contributed by atoms with Crippen LogP contribution >= 0.6 is 0 Å². The Morgan fingerprint density at radius 3 is 2.76 bits per heavy atom. The third-order valence-corrected chi connectivity index (χ3v) is 5.51. The minimum atomic E-state index is -0.942. The lowest BCUT2D eigenvalue weighted by Gasteiger charge is -2.44. The molecule has 3 saturated heterocycles. The zero-order valence-electron chi connectivity index (χ0n) is 12.3. The number of fused-ring (bicyclic) bond motifs is 4. The van der Waals surface area contributed by atoms with Crippen LogP contribution in [0.2, 0.25) is 0 Å². The van der Waals surface area contributed by atoms with Gasteiger partial charge in [-0.1, -0.05) is 24.3 Å². The molecule has 3 heterocycles. The number of nitrogens with two attached hydrogens (primary N) is 1. The van der Waals surface area contributed by atoms with E-state index < -0.39 is 5.54 Å². The molecule has 2 bridgehead atoms. The van der Waals surface area contributed by atoms with Gasteiger partial charge in [0, 0.05) is 6.54 Å². The van der Waals surface area contributed by atoms with Crippen molar-refractivity contribution < 1.29 is 9.53 Å². The number of ether oxygens (including phenoxy) is 1. The van der Waals surface area contributed by atoms with Gasteiger partial charge in [-0.2, -0.15) is 0 Å². The van der Waals surface area contributed by atoms with Gasteiger partial charge in [-0.15, -0.1) is 0 Å². The number of hydrogen-bond acceptors (Lipinski definition) is 4.